The number of nitrogens with zero attached hydrogens (tertiary/aromatic N) is 1. The van der Waals surface area contributed by atoms with Crippen LogP contribution in [0.3, 0.4) is 0 Å². The van der Waals surface area contributed by atoms with Crippen LogP contribution in [0.5, 0.6) is 0 Å². The number of hydrogen-bond donors (Lipinski definition) is 4. The fourth-order valence-electron chi connectivity index (χ4n) is 0.959. The summed E-state index contributed by atoms with van der Waals surface area (Å²) in [5.41, 5.74) is 5.94. The number of carboxylic acids is 1. The molecule has 7 heteroatoms. The Morgan fingerprint density at radius 3 is 2.64 bits per heavy atom. The Hall–Kier alpha value is -1.60. The summed E-state index contributed by atoms with van der Waals surface area (Å²) >= 11 is 0. The zero-order valence-corrected chi connectivity index (χ0v) is 7.21. The average Bonchev–Trinajstić information content (AvgIpc) is 2.07. The van der Waals surface area contributed by atoms with Crippen LogP contribution < -0.4 is 11.2 Å². The lowest BCUT2D eigenvalue weighted by Crippen LogP contribution is -2.31. The Morgan fingerprint density at radius 2 is 2.21 bits per heavy atom. The predicted molar refractivity (Wildman–Crippen MR) is 49.8 cm³/mol. The lowest BCUT2D eigenvalue weighted by atomic mass is 9.81. The molecule has 0 saturated carbocycles. The van der Waals surface area contributed by atoms with E-state index in [9.17, 15) is 4.79 Å². The van der Waals surface area contributed by atoms with Gasteiger partial charge < -0.3 is 20.9 Å². The largest absolute Gasteiger partial charge is 0.490 e. The molecular formula is C7H9BN2O4. The van der Waals surface area contributed by atoms with Gasteiger partial charge in [-0.15, -0.1) is 0 Å². The summed E-state index contributed by atoms with van der Waals surface area (Å²) in [6.45, 7) is 0. The minimum absolute atomic E-state index is 0.136. The molecule has 1 aromatic rings. The standard InChI is InChI=1S/C7H9BN2O4/c9-5-1-4(8(13)14)3-10-6(5)2-7(11)12/h1,3,13-14H,2,9H2,(H,11,12). The molecule has 0 amide bonds. The zero-order valence-electron chi connectivity index (χ0n) is 7.21. The van der Waals surface area contributed by atoms with Crippen LogP contribution in [0.4, 0.5) is 5.69 Å². The lowest BCUT2D eigenvalue weighted by molar-refractivity contribution is -0.136. The van der Waals surface area contributed by atoms with Crippen molar-refractivity contribution in [3.63, 3.8) is 0 Å². The number of rotatable bonds is 3. The van der Waals surface area contributed by atoms with Gasteiger partial charge in [-0.3, -0.25) is 9.78 Å². The Kier molecular flexibility index (Phi) is 3.05. The second kappa shape index (κ2) is 4.08. The van der Waals surface area contributed by atoms with Crippen LogP contribution in [-0.4, -0.2) is 33.2 Å². The monoisotopic (exact) mass is 196 g/mol. The van der Waals surface area contributed by atoms with Crippen LogP contribution in [0.25, 0.3) is 0 Å². The first-order chi connectivity index (χ1) is 6.50. The molecule has 14 heavy (non-hydrogen) atoms. The molecule has 0 aliphatic carbocycles. The van der Waals surface area contributed by atoms with Gasteiger partial charge in [-0.2, -0.15) is 0 Å². The molecule has 0 unspecified atom stereocenters. The molecule has 0 spiro atoms. The van der Waals surface area contributed by atoms with Crippen LogP contribution >= 0.6 is 0 Å². The summed E-state index contributed by atoms with van der Waals surface area (Å²) < 4.78 is 0. The Labute approximate surface area is 80.2 Å². The number of aromatic nitrogens is 1. The fourth-order valence-corrected chi connectivity index (χ4v) is 0.959. The average molecular weight is 196 g/mol. The van der Waals surface area contributed by atoms with E-state index in [2.05, 4.69) is 4.98 Å². The molecule has 74 valence electrons. The normalized spacial score (nSPS) is 9.86. The van der Waals surface area contributed by atoms with Crippen LogP contribution in [0.1, 0.15) is 5.69 Å². The fraction of sp³-hybridized carbons (Fsp3) is 0.143. The number of hydrogen-bond acceptors (Lipinski definition) is 5. The lowest BCUT2D eigenvalue weighted by Gasteiger charge is -2.04. The van der Waals surface area contributed by atoms with E-state index < -0.39 is 13.1 Å². The van der Waals surface area contributed by atoms with Crippen LogP contribution in [-0.2, 0) is 11.2 Å². The van der Waals surface area contributed by atoms with Crippen molar-refractivity contribution in [3.05, 3.63) is 18.0 Å². The third-order valence-electron chi connectivity index (χ3n) is 1.64. The quantitative estimate of drug-likeness (QED) is 0.414. The molecule has 1 heterocycles. The SMILES string of the molecule is Nc1cc(B(O)O)cnc1CC(=O)O. The van der Waals surface area contributed by atoms with Gasteiger partial charge in [0, 0.05) is 11.7 Å². The second-order valence-corrected chi connectivity index (χ2v) is 2.75. The first kappa shape index (κ1) is 10.5. The van der Waals surface area contributed by atoms with Crippen molar-refractivity contribution in [2.75, 3.05) is 5.73 Å². The third-order valence-corrected chi connectivity index (χ3v) is 1.64. The van der Waals surface area contributed by atoms with Gasteiger partial charge in [0.1, 0.15) is 0 Å². The maximum absolute atomic E-state index is 10.3. The smallest absolute Gasteiger partial charge is 0.481 e. The van der Waals surface area contributed by atoms with E-state index >= 15 is 0 Å². The van der Waals surface area contributed by atoms with Gasteiger partial charge >= 0.3 is 13.1 Å². The first-order valence-corrected chi connectivity index (χ1v) is 3.83. The topological polar surface area (TPSA) is 117 Å². The highest BCUT2D eigenvalue weighted by atomic mass is 16.4. The molecule has 0 aromatic carbocycles. The second-order valence-electron chi connectivity index (χ2n) is 2.75. The molecule has 0 atom stereocenters. The van der Waals surface area contributed by atoms with Gasteiger partial charge in [-0.1, -0.05) is 0 Å². The van der Waals surface area contributed by atoms with E-state index in [0.29, 0.717) is 0 Å². The summed E-state index contributed by atoms with van der Waals surface area (Å²) in [6.07, 6.45) is 0.896. The van der Waals surface area contributed by atoms with E-state index in [1.165, 1.54) is 12.3 Å². The highest BCUT2D eigenvalue weighted by Gasteiger charge is 2.14. The van der Waals surface area contributed by atoms with Gasteiger partial charge in [0.05, 0.1) is 17.8 Å². The highest BCUT2D eigenvalue weighted by Crippen LogP contribution is 2.06. The van der Waals surface area contributed by atoms with Gasteiger partial charge in [0.25, 0.3) is 0 Å². The van der Waals surface area contributed by atoms with Crippen molar-refractivity contribution in [1.29, 1.82) is 0 Å². The number of carbonyl (C=O) groups is 1. The van der Waals surface area contributed by atoms with Crippen molar-refractivity contribution in [2.24, 2.45) is 0 Å². The minimum atomic E-state index is -1.65. The van der Waals surface area contributed by atoms with Crippen molar-refractivity contribution in [2.45, 2.75) is 6.42 Å². The van der Waals surface area contributed by atoms with Gasteiger partial charge in [0.2, 0.25) is 0 Å². The molecule has 1 rings (SSSR count). The summed E-state index contributed by atoms with van der Waals surface area (Å²) in [6, 6.07) is 1.29. The molecule has 6 nitrogen and oxygen atoms in total. The summed E-state index contributed by atoms with van der Waals surface area (Å²) in [5.74, 6) is -1.04. The van der Waals surface area contributed by atoms with Crippen molar-refractivity contribution >= 4 is 24.2 Å². The van der Waals surface area contributed by atoms with E-state index in [1.807, 2.05) is 0 Å². The Balaban J connectivity index is 2.95. The maximum Gasteiger partial charge on any atom is 0.490 e. The predicted octanol–water partition coefficient (Wildman–Crippen LogP) is -2.03. The summed E-state index contributed by atoms with van der Waals surface area (Å²) in [5, 5.41) is 26.0. The summed E-state index contributed by atoms with van der Waals surface area (Å²) in [7, 11) is -1.65. The van der Waals surface area contributed by atoms with Gasteiger partial charge in [-0.05, 0) is 6.07 Å². The number of pyridine rings is 1. The summed E-state index contributed by atoms with van der Waals surface area (Å²) in [4.78, 5) is 14.1. The molecule has 0 bridgehead atoms. The van der Waals surface area contributed by atoms with E-state index in [4.69, 9.17) is 20.9 Å². The maximum atomic E-state index is 10.3. The Morgan fingerprint density at radius 1 is 1.57 bits per heavy atom. The molecule has 1 aromatic heterocycles. The van der Waals surface area contributed by atoms with E-state index in [-0.39, 0.29) is 23.3 Å². The van der Waals surface area contributed by atoms with Gasteiger partial charge in [-0.25, -0.2) is 0 Å². The van der Waals surface area contributed by atoms with Crippen LogP contribution in [0.15, 0.2) is 12.3 Å². The van der Waals surface area contributed by atoms with Crippen molar-refractivity contribution in [3.8, 4) is 0 Å². The molecular weight excluding hydrogens is 187 g/mol. The van der Waals surface area contributed by atoms with Gasteiger partial charge in [0.15, 0.2) is 0 Å². The number of aliphatic carboxylic acids is 1. The third kappa shape index (κ3) is 2.44. The number of anilines is 1. The Bertz CT molecular complexity index is 356. The minimum Gasteiger partial charge on any atom is -0.481 e. The van der Waals surface area contributed by atoms with Crippen LogP contribution in [0, 0.1) is 0 Å². The van der Waals surface area contributed by atoms with Crippen LogP contribution in [0.2, 0.25) is 0 Å². The number of nitrogens with two attached hydrogens (primary N) is 1. The van der Waals surface area contributed by atoms with Crippen molar-refractivity contribution < 1.29 is 19.9 Å². The van der Waals surface area contributed by atoms with E-state index in [1.54, 1.807) is 0 Å². The first-order valence-electron chi connectivity index (χ1n) is 3.83. The molecule has 0 aliphatic heterocycles. The zero-order chi connectivity index (χ0) is 10.7. The number of nitrogen functional groups attached to an aromatic ring is 1. The highest BCUT2D eigenvalue weighted by molar-refractivity contribution is 6.58. The molecule has 0 fully saturated rings. The molecule has 0 aliphatic rings. The number of carboxylic acid groups (broad SMARTS) is 1. The van der Waals surface area contributed by atoms with E-state index in [0.717, 1.165) is 0 Å². The molecule has 5 N–H and O–H groups in total. The van der Waals surface area contributed by atoms with Crippen molar-refractivity contribution in [1.82, 2.24) is 4.98 Å². The molecule has 0 saturated heterocycles. The molecule has 0 radical (unpaired) electrons.